The third-order valence-corrected chi connectivity index (χ3v) is 4.72. The summed E-state index contributed by atoms with van der Waals surface area (Å²) in [6, 6.07) is 13.4. The first kappa shape index (κ1) is 23.0. The van der Waals surface area contributed by atoms with Gasteiger partial charge in [0.25, 0.3) is 5.91 Å². The van der Waals surface area contributed by atoms with Crippen LogP contribution in [0.1, 0.15) is 26.3 Å². The molecule has 2 amide bonds. The number of ether oxygens (including phenoxy) is 1. The van der Waals surface area contributed by atoms with Gasteiger partial charge in [-0.25, -0.2) is 0 Å². The highest BCUT2D eigenvalue weighted by molar-refractivity contribution is 6.30. The van der Waals surface area contributed by atoms with Crippen molar-refractivity contribution in [2.24, 2.45) is 5.92 Å². The first-order valence-corrected chi connectivity index (χ1v) is 10.2. The third kappa shape index (κ3) is 7.59. The van der Waals surface area contributed by atoms with E-state index < -0.39 is 6.04 Å². The summed E-state index contributed by atoms with van der Waals surface area (Å²) in [5.74, 6) is 0.286. The van der Waals surface area contributed by atoms with Crippen molar-refractivity contribution in [2.45, 2.75) is 33.4 Å². The second kappa shape index (κ2) is 11.1. The van der Waals surface area contributed by atoms with Gasteiger partial charge in [0.2, 0.25) is 5.91 Å². The van der Waals surface area contributed by atoms with Gasteiger partial charge in [0.15, 0.2) is 6.61 Å². The van der Waals surface area contributed by atoms with E-state index in [-0.39, 0.29) is 25.0 Å². The Labute approximate surface area is 181 Å². The number of carbonyl (C=O) groups excluding carboxylic acids is 2. The fraction of sp³-hybridized carbons (Fsp3) is 0.364. The van der Waals surface area contributed by atoms with Crippen molar-refractivity contribution < 1.29 is 14.3 Å². The Morgan fingerprint density at radius 2 is 1.69 bits per heavy atom. The predicted octanol–water partition coefficient (Wildman–Crippen LogP) is 4.56. The molecule has 29 heavy (non-hydrogen) atoms. The fourth-order valence-electron chi connectivity index (χ4n) is 2.65. The molecule has 0 aliphatic rings. The van der Waals surface area contributed by atoms with Crippen molar-refractivity contribution in [2.75, 3.05) is 13.2 Å². The van der Waals surface area contributed by atoms with Crippen LogP contribution in [0.5, 0.6) is 5.75 Å². The summed E-state index contributed by atoms with van der Waals surface area (Å²) >= 11 is 12.0. The highest BCUT2D eigenvalue weighted by Crippen LogP contribution is 2.18. The standard InChI is InChI=1S/C22H26Cl2N2O3/c1-15(2)12-25-22(28)16(3)26(13-17-6-4-7-18(23)10-17)21(27)14-29-20-9-5-8-19(24)11-20/h4-11,15-16H,12-14H2,1-3H3,(H,25,28)/t16-/m1/s1. The van der Waals surface area contributed by atoms with Crippen molar-refractivity contribution in [1.82, 2.24) is 10.2 Å². The summed E-state index contributed by atoms with van der Waals surface area (Å²) in [6.07, 6.45) is 0. The molecule has 0 unspecified atom stereocenters. The van der Waals surface area contributed by atoms with Crippen LogP contribution in [0.3, 0.4) is 0 Å². The van der Waals surface area contributed by atoms with Gasteiger partial charge in [-0.2, -0.15) is 0 Å². The molecule has 0 aliphatic carbocycles. The van der Waals surface area contributed by atoms with Gasteiger partial charge in [0.1, 0.15) is 11.8 Å². The molecule has 0 heterocycles. The largest absolute Gasteiger partial charge is 0.484 e. The molecule has 1 N–H and O–H groups in total. The Hall–Kier alpha value is -2.24. The minimum Gasteiger partial charge on any atom is -0.484 e. The van der Waals surface area contributed by atoms with Gasteiger partial charge in [0.05, 0.1) is 0 Å². The zero-order valence-electron chi connectivity index (χ0n) is 16.8. The lowest BCUT2D eigenvalue weighted by Crippen LogP contribution is -2.49. The number of carbonyl (C=O) groups is 2. The smallest absolute Gasteiger partial charge is 0.261 e. The van der Waals surface area contributed by atoms with Crippen LogP contribution in [0.15, 0.2) is 48.5 Å². The molecule has 0 spiro atoms. The van der Waals surface area contributed by atoms with E-state index in [0.717, 1.165) is 5.56 Å². The monoisotopic (exact) mass is 436 g/mol. The number of hydrogen-bond acceptors (Lipinski definition) is 3. The van der Waals surface area contributed by atoms with Crippen LogP contribution in [0.4, 0.5) is 0 Å². The SMILES string of the molecule is CC(C)CNC(=O)[C@@H](C)N(Cc1cccc(Cl)c1)C(=O)COc1cccc(Cl)c1. The van der Waals surface area contributed by atoms with Gasteiger partial charge in [-0.3, -0.25) is 9.59 Å². The summed E-state index contributed by atoms with van der Waals surface area (Å²) in [5.41, 5.74) is 0.831. The highest BCUT2D eigenvalue weighted by Gasteiger charge is 2.26. The second-order valence-corrected chi connectivity index (χ2v) is 8.09. The lowest BCUT2D eigenvalue weighted by Gasteiger charge is -2.29. The van der Waals surface area contributed by atoms with Crippen LogP contribution in [-0.4, -0.2) is 35.9 Å². The molecule has 0 bridgehead atoms. The van der Waals surface area contributed by atoms with Gasteiger partial charge in [-0.05, 0) is 48.7 Å². The minimum atomic E-state index is -0.664. The number of halogens is 2. The zero-order chi connectivity index (χ0) is 21.4. The molecule has 0 radical (unpaired) electrons. The predicted molar refractivity (Wildman–Crippen MR) is 116 cm³/mol. The molecule has 0 saturated heterocycles. The fourth-order valence-corrected chi connectivity index (χ4v) is 3.04. The number of nitrogens with one attached hydrogen (secondary N) is 1. The Kier molecular flexibility index (Phi) is 8.80. The number of amides is 2. The van der Waals surface area contributed by atoms with Crippen molar-refractivity contribution in [3.63, 3.8) is 0 Å². The Balaban J connectivity index is 2.13. The maximum absolute atomic E-state index is 12.9. The molecule has 0 aromatic heterocycles. The summed E-state index contributed by atoms with van der Waals surface area (Å²) < 4.78 is 5.59. The molecule has 2 rings (SSSR count). The number of nitrogens with zero attached hydrogens (tertiary/aromatic N) is 1. The van der Waals surface area contributed by atoms with Gasteiger partial charge in [-0.15, -0.1) is 0 Å². The van der Waals surface area contributed by atoms with Crippen LogP contribution in [0, 0.1) is 5.92 Å². The van der Waals surface area contributed by atoms with E-state index in [1.165, 1.54) is 4.90 Å². The lowest BCUT2D eigenvalue weighted by molar-refractivity contribution is -0.142. The van der Waals surface area contributed by atoms with Crippen molar-refractivity contribution in [1.29, 1.82) is 0 Å². The Bertz CT molecular complexity index is 842. The first-order valence-electron chi connectivity index (χ1n) is 9.46. The van der Waals surface area contributed by atoms with Gasteiger partial charge >= 0.3 is 0 Å². The molecule has 156 valence electrons. The summed E-state index contributed by atoms with van der Waals surface area (Å²) in [7, 11) is 0. The summed E-state index contributed by atoms with van der Waals surface area (Å²) in [6.45, 7) is 6.31. The van der Waals surface area contributed by atoms with E-state index in [1.807, 2.05) is 26.0 Å². The molecule has 0 aliphatic heterocycles. The minimum absolute atomic E-state index is 0.206. The Morgan fingerprint density at radius 1 is 1.03 bits per heavy atom. The molecule has 0 saturated carbocycles. The van der Waals surface area contributed by atoms with Crippen molar-refractivity contribution in [3.8, 4) is 5.75 Å². The molecule has 5 nitrogen and oxygen atoms in total. The molecule has 2 aromatic carbocycles. The highest BCUT2D eigenvalue weighted by atomic mass is 35.5. The van der Waals surface area contributed by atoms with Crippen molar-refractivity contribution in [3.05, 3.63) is 64.1 Å². The van der Waals surface area contributed by atoms with Crippen LogP contribution in [-0.2, 0) is 16.1 Å². The normalized spacial score (nSPS) is 11.8. The topological polar surface area (TPSA) is 58.6 Å². The van der Waals surface area contributed by atoms with Gasteiger partial charge in [-0.1, -0.05) is 55.2 Å². The number of rotatable bonds is 9. The van der Waals surface area contributed by atoms with Gasteiger partial charge in [0, 0.05) is 23.1 Å². The maximum Gasteiger partial charge on any atom is 0.261 e. The average Bonchev–Trinajstić information content (AvgIpc) is 2.68. The van der Waals surface area contributed by atoms with E-state index in [2.05, 4.69) is 5.32 Å². The van der Waals surface area contributed by atoms with E-state index in [9.17, 15) is 9.59 Å². The molecule has 7 heteroatoms. The van der Waals surface area contributed by atoms with E-state index in [1.54, 1.807) is 43.3 Å². The summed E-state index contributed by atoms with van der Waals surface area (Å²) in [4.78, 5) is 27.0. The summed E-state index contributed by atoms with van der Waals surface area (Å²) in [5, 5.41) is 3.97. The van der Waals surface area contributed by atoms with E-state index in [0.29, 0.717) is 28.3 Å². The molecule has 2 aromatic rings. The number of benzene rings is 2. The second-order valence-electron chi connectivity index (χ2n) is 7.21. The zero-order valence-corrected chi connectivity index (χ0v) is 18.3. The van der Waals surface area contributed by atoms with Crippen LogP contribution in [0.2, 0.25) is 10.0 Å². The molecule has 1 atom stereocenters. The lowest BCUT2D eigenvalue weighted by atomic mass is 10.1. The Morgan fingerprint density at radius 3 is 2.31 bits per heavy atom. The third-order valence-electron chi connectivity index (χ3n) is 4.25. The van der Waals surface area contributed by atoms with Crippen molar-refractivity contribution >= 4 is 35.0 Å². The maximum atomic E-state index is 12.9. The number of hydrogen-bond donors (Lipinski definition) is 1. The molecular weight excluding hydrogens is 411 g/mol. The van der Waals surface area contributed by atoms with Crippen LogP contribution >= 0.6 is 23.2 Å². The van der Waals surface area contributed by atoms with Crippen LogP contribution in [0.25, 0.3) is 0 Å². The molecular formula is C22H26Cl2N2O3. The average molecular weight is 437 g/mol. The quantitative estimate of drug-likeness (QED) is 0.626. The molecule has 0 fully saturated rings. The van der Waals surface area contributed by atoms with Crippen LogP contribution < -0.4 is 10.1 Å². The van der Waals surface area contributed by atoms with Gasteiger partial charge < -0.3 is 15.0 Å². The van der Waals surface area contributed by atoms with E-state index in [4.69, 9.17) is 27.9 Å². The first-order chi connectivity index (χ1) is 13.8. The van der Waals surface area contributed by atoms with E-state index >= 15 is 0 Å².